The Kier molecular flexibility index (Phi) is 9.43. The van der Waals surface area contributed by atoms with Gasteiger partial charge in [-0.25, -0.2) is 0 Å². The maximum absolute atomic E-state index is 12.2. The largest absolute Gasteiger partial charge is 0.463 e. The van der Waals surface area contributed by atoms with Crippen LogP contribution in [0.5, 0.6) is 6.01 Å². The van der Waals surface area contributed by atoms with Gasteiger partial charge >= 0.3 is 6.01 Å². The number of hydrogen-bond donors (Lipinski definition) is 3. The van der Waals surface area contributed by atoms with Crippen molar-refractivity contribution < 1.29 is 9.53 Å². The van der Waals surface area contributed by atoms with Gasteiger partial charge in [-0.1, -0.05) is 40.7 Å². The van der Waals surface area contributed by atoms with Crippen LogP contribution in [0.4, 0.5) is 17.3 Å². The zero-order valence-corrected chi connectivity index (χ0v) is 23.5. The number of aryl methyl sites for hydroxylation is 1. The first-order chi connectivity index (χ1) is 16.7. The number of benzene rings is 1. The van der Waals surface area contributed by atoms with Gasteiger partial charge in [-0.2, -0.15) is 9.97 Å². The second-order valence-corrected chi connectivity index (χ2v) is 11.6. The highest BCUT2D eigenvalue weighted by Crippen LogP contribution is 2.31. The van der Waals surface area contributed by atoms with E-state index in [1.54, 1.807) is 19.2 Å². The SMILES string of the molecule is CNC(=O)c1ccc(C)c(Nc2nc(OCC(C)(C)CN(C)C)nc(N(C)CC(C)(C)C)c2C=N)c1. The van der Waals surface area contributed by atoms with E-state index in [0.29, 0.717) is 29.4 Å². The van der Waals surface area contributed by atoms with Crippen LogP contribution in [0, 0.1) is 23.2 Å². The average Bonchev–Trinajstić information content (AvgIpc) is 2.76. The Labute approximate surface area is 216 Å². The van der Waals surface area contributed by atoms with Crippen molar-refractivity contribution in [2.24, 2.45) is 10.8 Å². The van der Waals surface area contributed by atoms with Gasteiger partial charge in [0.15, 0.2) is 0 Å². The quantitative estimate of drug-likeness (QED) is 0.397. The molecule has 2 aromatic rings. The maximum Gasteiger partial charge on any atom is 0.320 e. The third-order valence-corrected chi connectivity index (χ3v) is 5.44. The molecule has 9 nitrogen and oxygen atoms in total. The van der Waals surface area contributed by atoms with Crippen LogP contribution in [-0.4, -0.2) is 74.9 Å². The van der Waals surface area contributed by atoms with E-state index in [4.69, 9.17) is 15.1 Å². The Morgan fingerprint density at radius 2 is 1.78 bits per heavy atom. The van der Waals surface area contributed by atoms with E-state index in [-0.39, 0.29) is 22.7 Å². The van der Waals surface area contributed by atoms with E-state index in [9.17, 15) is 4.79 Å². The summed E-state index contributed by atoms with van der Waals surface area (Å²) < 4.78 is 6.13. The molecule has 0 radical (unpaired) electrons. The number of aromatic nitrogens is 2. The number of ether oxygens (including phenoxy) is 1. The molecule has 1 aromatic carbocycles. The van der Waals surface area contributed by atoms with Crippen molar-refractivity contribution in [3.05, 3.63) is 34.9 Å². The van der Waals surface area contributed by atoms with Gasteiger partial charge in [-0.15, -0.1) is 0 Å². The molecule has 198 valence electrons. The molecule has 0 aliphatic carbocycles. The number of carbonyl (C=O) groups is 1. The lowest BCUT2D eigenvalue weighted by Gasteiger charge is -2.30. The Bertz CT molecular complexity index is 1070. The highest BCUT2D eigenvalue weighted by molar-refractivity contribution is 5.96. The number of nitrogens with one attached hydrogen (secondary N) is 3. The topological polar surface area (TPSA) is 106 Å². The van der Waals surface area contributed by atoms with Crippen LogP contribution in [0.2, 0.25) is 0 Å². The molecule has 0 bridgehead atoms. The summed E-state index contributed by atoms with van der Waals surface area (Å²) in [5.74, 6) is 0.886. The molecule has 1 amide bonds. The number of nitrogens with zero attached hydrogens (tertiary/aromatic N) is 4. The van der Waals surface area contributed by atoms with Crippen LogP contribution < -0.4 is 20.3 Å². The molecular formula is C27H43N7O2. The minimum absolute atomic E-state index is 0.0136. The van der Waals surface area contributed by atoms with Crippen molar-refractivity contribution >= 4 is 29.4 Å². The van der Waals surface area contributed by atoms with Crippen LogP contribution in [0.1, 0.15) is 56.1 Å². The summed E-state index contributed by atoms with van der Waals surface area (Å²) in [5, 5.41) is 14.2. The monoisotopic (exact) mass is 497 g/mol. The van der Waals surface area contributed by atoms with Gasteiger partial charge in [0.2, 0.25) is 0 Å². The third-order valence-electron chi connectivity index (χ3n) is 5.44. The van der Waals surface area contributed by atoms with Gasteiger partial charge in [0.1, 0.15) is 11.6 Å². The molecule has 0 unspecified atom stereocenters. The van der Waals surface area contributed by atoms with E-state index in [1.807, 2.05) is 39.0 Å². The summed E-state index contributed by atoms with van der Waals surface area (Å²) in [4.78, 5) is 25.7. The van der Waals surface area contributed by atoms with Gasteiger partial charge in [-0.3, -0.25) is 4.79 Å². The number of rotatable bonds is 11. The van der Waals surface area contributed by atoms with E-state index in [1.165, 1.54) is 6.21 Å². The second kappa shape index (κ2) is 11.7. The molecule has 2 rings (SSSR count). The maximum atomic E-state index is 12.2. The van der Waals surface area contributed by atoms with Crippen LogP contribution in [0.3, 0.4) is 0 Å². The standard InChI is InChI=1S/C27H43N7O2/c1-18-11-12-19(24(35)29-7)13-21(18)30-22-20(14-28)23(34(10)15-26(2,3)4)32-25(31-22)36-17-27(5,6)16-33(8)9/h11-14,28H,15-17H2,1-10H3,(H,29,35)(H,30,31,32). The summed E-state index contributed by atoms with van der Waals surface area (Å²) >= 11 is 0. The fourth-order valence-corrected chi connectivity index (χ4v) is 4.14. The summed E-state index contributed by atoms with van der Waals surface area (Å²) in [6.45, 7) is 14.7. The molecule has 0 aliphatic rings. The van der Waals surface area contributed by atoms with Crippen molar-refractivity contribution in [3.63, 3.8) is 0 Å². The van der Waals surface area contributed by atoms with Crippen LogP contribution in [0.25, 0.3) is 0 Å². The summed E-state index contributed by atoms with van der Waals surface area (Å²) in [5.41, 5.74) is 2.64. The third kappa shape index (κ3) is 8.19. The Balaban J connectivity index is 2.56. The fraction of sp³-hybridized carbons (Fsp3) is 0.556. The molecule has 36 heavy (non-hydrogen) atoms. The zero-order chi connectivity index (χ0) is 27.3. The molecule has 3 N–H and O–H groups in total. The van der Waals surface area contributed by atoms with Gasteiger partial charge in [0.05, 0.1) is 12.2 Å². The normalized spacial score (nSPS) is 11.9. The Morgan fingerprint density at radius 1 is 1.11 bits per heavy atom. The molecule has 0 fully saturated rings. The van der Waals surface area contributed by atoms with Crippen LogP contribution >= 0.6 is 0 Å². The van der Waals surface area contributed by atoms with E-state index < -0.39 is 0 Å². The number of anilines is 3. The minimum Gasteiger partial charge on any atom is -0.463 e. The van der Waals surface area contributed by atoms with Crippen molar-refractivity contribution in [1.82, 2.24) is 20.2 Å². The van der Waals surface area contributed by atoms with Crippen molar-refractivity contribution in [2.45, 2.75) is 41.5 Å². The second-order valence-electron chi connectivity index (χ2n) is 11.6. The van der Waals surface area contributed by atoms with Gasteiger partial charge in [0, 0.05) is 50.1 Å². The lowest BCUT2D eigenvalue weighted by atomic mass is 9.94. The van der Waals surface area contributed by atoms with Crippen LogP contribution in [0.15, 0.2) is 18.2 Å². The van der Waals surface area contributed by atoms with Crippen molar-refractivity contribution in [3.8, 4) is 6.01 Å². The van der Waals surface area contributed by atoms with E-state index >= 15 is 0 Å². The van der Waals surface area contributed by atoms with Crippen LogP contribution in [-0.2, 0) is 0 Å². The number of carbonyl (C=O) groups excluding carboxylic acids is 1. The van der Waals surface area contributed by atoms with E-state index in [0.717, 1.165) is 24.3 Å². The van der Waals surface area contributed by atoms with Gasteiger partial charge in [0.25, 0.3) is 5.91 Å². The molecule has 1 heterocycles. The molecule has 0 atom stereocenters. The molecule has 9 heteroatoms. The molecule has 0 aliphatic heterocycles. The lowest BCUT2D eigenvalue weighted by molar-refractivity contribution is 0.0963. The summed E-state index contributed by atoms with van der Waals surface area (Å²) in [6, 6.07) is 5.68. The molecular weight excluding hydrogens is 454 g/mol. The summed E-state index contributed by atoms with van der Waals surface area (Å²) in [7, 11) is 7.63. The average molecular weight is 498 g/mol. The van der Waals surface area contributed by atoms with Crippen molar-refractivity contribution in [2.75, 3.05) is 58.1 Å². The molecule has 0 spiro atoms. The van der Waals surface area contributed by atoms with Gasteiger partial charge < -0.3 is 30.6 Å². The smallest absolute Gasteiger partial charge is 0.320 e. The fourth-order valence-electron chi connectivity index (χ4n) is 4.14. The summed E-state index contributed by atoms with van der Waals surface area (Å²) in [6.07, 6.45) is 1.26. The first-order valence-electron chi connectivity index (χ1n) is 12.2. The molecule has 0 saturated carbocycles. The van der Waals surface area contributed by atoms with Gasteiger partial charge in [-0.05, 0) is 44.1 Å². The predicted octanol–water partition coefficient (Wildman–Crippen LogP) is 4.33. The lowest BCUT2D eigenvalue weighted by Crippen LogP contribution is -2.34. The Hall–Kier alpha value is -3.20. The van der Waals surface area contributed by atoms with E-state index in [2.05, 4.69) is 55.1 Å². The first-order valence-corrected chi connectivity index (χ1v) is 12.2. The van der Waals surface area contributed by atoms with Crippen molar-refractivity contribution in [1.29, 1.82) is 5.41 Å². The minimum atomic E-state index is -0.175. The number of hydrogen-bond acceptors (Lipinski definition) is 8. The first kappa shape index (κ1) is 29.0. The molecule has 0 saturated heterocycles. The Morgan fingerprint density at radius 3 is 2.33 bits per heavy atom. The highest BCUT2D eigenvalue weighted by Gasteiger charge is 2.24. The predicted molar refractivity (Wildman–Crippen MR) is 148 cm³/mol. The molecule has 1 aromatic heterocycles. The number of amides is 1. The highest BCUT2D eigenvalue weighted by atomic mass is 16.5. The zero-order valence-electron chi connectivity index (χ0n) is 23.5.